The van der Waals surface area contributed by atoms with Crippen molar-refractivity contribution >= 4 is 11.8 Å². The molecular weight excluding hydrogens is 368 g/mol. The zero-order valence-corrected chi connectivity index (χ0v) is 13.6. The summed E-state index contributed by atoms with van der Waals surface area (Å²) in [6, 6.07) is 8.94. The Balaban J connectivity index is 2.21. The molecule has 0 bridgehead atoms. The van der Waals surface area contributed by atoms with Crippen LogP contribution < -0.4 is 10.6 Å². The molecular formula is C18H14F4N2O3. The maximum atomic E-state index is 14.2. The zero-order valence-electron chi connectivity index (χ0n) is 13.6. The van der Waals surface area contributed by atoms with E-state index in [1.807, 2.05) is 5.32 Å². The fourth-order valence-corrected chi connectivity index (χ4v) is 3.20. The van der Waals surface area contributed by atoms with Gasteiger partial charge in [0.25, 0.3) is 0 Å². The van der Waals surface area contributed by atoms with E-state index in [1.165, 1.54) is 36.4 Å². The highest BCUT2D eigenvalue weighted by Crippen LogP contribution is 2.43. The lowest BCUT2D eigenvalue weighted by molar-refractivity contribution is -0.190. The Morgan fingerprint density at radius 1 is 1.04 bits per heavy atom. The molecule has 1 heterocycles. The molecule has 0 unspecified atom stereocenters. The zero-order chi connectivity index (χ0) is 19.8. The Bertz CT molecular complexity index is 872. The van der Waals surface area contributed by atoms with Crippen LogP contribution in [0.3, 0.4) is 0 Å². The summed E-state index contributed by atoms with van der Waals surface area (Å²) in [4.78, 5) is 24.3. The molecule has 5 nitrogen and oxygen atoms in total. The molecule has 0 radical (unpaired) electrons. The first-order chi connectivity index (χ1) is 12.6. The maximum Gasteiger partial charge on any atom is 0.450 e. The Labute approximate surface area is 151 Å². The predicted octanol–water partition coefficient (Wildman–Crippen LogP) is 2.77. The third kappa shape index (κ3) is 3.37. The quantitative estimate of drug-likeness (QED) is 0.715. The highest BCUT2D eigenvalue weighted by atomic mass is 19.4. The first kappa shape index (κ1) is 18.8. The second-order valence-electron chi connectivity index (χ2n) is 6.07. The number of aliphatic hydroxyl groups is 1. The van der Waals surface area contributed by atoms with Crippen molar-refractivity contribution in [3.8, 4) is 0 Å². The Morgan fingerprint density at radius 3 is 2.22 bits per heavy atom. The maximum absolute atomic E-state index is 14.2. The van der Waals surface area contributed by atoms with Crippen molar-refractivity contribution in [1.82, 2.24) is 10.6 Å². The van der Waals surface area contributed by atoms with E-state index < -0.39 is 41.5 Å². The number of ketones is 1. The summed E-state index contributed by atoms with van der Waals surface area (Å²) >= 11 is 0. The van der Waals surface area contributed by atoms with Crippen molar-refractivity contribution in [2.75, 3.05) is 0 Å². The average Bonchev–Trinajstić information content (AvgIpc) is 2.61. The molecule has 0 saturated carbocycles. The summed E-state index contributed by atoms with van der Waals surface area (Å²) in [5.41, 5.74) is -3.17. The van der Waals surface area contributed by atoms with Crippen molar-refractivity contribution < 1.29 is 32.3 Å². The second-order valence-corrected chi connectivity index (χ2v) is 6.07. The summed E-state index contributed by atoms with van der Waals surface area (Å²) in [5.74, 6) is -5.47. The second kappa shape index (κ2) is 6.66. The number of carbonyl (C=O) groups excluding carboxylic acids is 2. The van der Waals surface area contributed by atoms with Crippen LogP contribution in [0.5, 0.6) is 0 Å². The number of hydrogen-bond acceptors (Lipinski definition) is 3. The lowest BCUT2D eigenvalue weighted by Crippen LogP contribution is -2.66. The van der Waals surface area contributed by atoms with E-state index >= 15 is 0 Å². The van der Waals surface area contributed by atoms with Crippen molar-refractivity contribution in [3.05, 3.63) is 71.5 Å². The number of benzene rings is 2. The number of Topliss-reactive ketones (excluding diaryl/α,β-unsaturated/α-hetero) is 1. The molecule has 2 aromatic carbocycles. The van der Waals surface area contributed by atoms with E-state index in [0.29, 0.717) is 0 Å². The summed E-state index contributed by atoms with van der Waals surface area (Å²) in [7, 11) is 0. The minimum absolute atomic E-state index is 0.135. The number of amides is 2. The molecule has 0 aliphatic carbocycles. The van der Waals surface area contributed by atoms with Crippen molar-refractivity contribution in [1.29, 1.82) is 0 Å². The van der Waals surface area contributed by atoms with Gasteiger partial charge in [-0.15, -0.1) is 0 Å². The van der Waals surface area contributed by atoms with Crippen molar-refractivity contribution in [2.24, 2.45) is 5.92 Å². The first-order valence-corrected chi connectivity index (χ1v) is 7.86. The molecule has 1 aliphatic rings. The van der Waals surface area contributed by atoms with Crippen LogP contribution in [0.1, 0.15) is 17.2 Å². The van der Waals surface area contributed by atoms with Gasteiger partial charge in [-0.1, -0.05) is 48.5 Å². The van der Waals surface area contributed by atoms with Gasteiger partial charge in [0.1, 0.15) is 11.7 Å². The Hall–Kier alpha value is -2.94. The standard InChI is InChI=1S/C18H14F4N2O3/c19-12-9-5-4-8-11(12)14-13(15(25)18(20,21)22)17(27,24-16(26)23-14)10-6-2-1-3-7-10/h1-9,13-14,27H,(H2,23,24,26)/t13-,14-,17-/m1/s1. The Kier molecular flexibility index (Phi) is 4.64. The first-order valence-electron chi connectivity index (χ1n) is 7.86. The molecule has 142 valence electrons. The number of hydrogen-bond donors (Lipinski definition) is 3. The van der Waals surface area contributed by atoms with Gasteiger partial charge in [0.15, 0.2) is 5.72 Å². The molecule has 9 heteroatoms. The SMILES string of the molecule is O=C1N[C@H](c2ccccc2F)[C@H](C(=O)C(F)(F)F)[C@](O)(c2ccccc2)N1. The minimum atomic E-state index is -5.32. The smallest absolute Gasteiger partial charge is 0.366 e. The van der Waals surface area contributed by atoms with Crippen molar-refractivity contribution in [3.63, 3.8) is 0 Å². The number of nitrogens with one attached hydrogen (secondary N) is 2. The summed E-state index contributed by atoms with van der Waals surface area (Å²) in [6.07, 6.45) is -5.32. The molecule has 27 heavy (non-hydrogen) atoms. The van der Waals surface area contributed by atoms with E-state index in [-0.39, 0.29) is 11.1 Å². The van der Waals surface area contributed by atoms with Crippen LogP contribution in [0, 0.1) is 11.7 Å². The van der Waals surface area contributed by atoms with Crippen LogP contribution in [-0.2, 0) is 10.5 Å². The monoisotopic (exact) mass is 382 g/mol. The van der Waals surface area contributed by atoms with Gasteiger partial charge in [0, 0.05) is 11.1 Å². The van der Waals surface area contributed by atoms with Gasteiger partial charge in [-0.3, -0.25) is 4.79 Å². The number of halogens is 4. The van der Waals surface area contributed by atoms with Gasteiger partial charge >= 0.3 is 12.2 Å². The third-order valence-corrected chi connectivity index (χ3v) is 4.39. The molecule has 0 spiro atoms. The van der Waals surface area contributed by atoms with Crippen LogP contribution in [-0.4, -0.2) is 23.1 Å². The van der Waals surface area contributed by atoms with E-state index in [4.69, 9.17) is 0 Å². The number of carbonyl (C=O) groups is 2. The molecule has 2 aromatic rings. The summed E-state index contributed by atoms with van der Waals surface area (Å²) in [6.45, 7) is 0. The van der Waals surface area contributed by atoms with Crippen LogP contribution in [0.2, 0.25) is 0 Å². The van der Waals surface area contributed by atoms with Crippen LogP contribution >= 0.6 is 0 Å². The van der Waals surface area contributed by atoms with E-state index in [1.54, 1.807) is 6.07 Å². The normalized spacial score (nSPS) is 25.4. The lowest BCUT2D eigenvalue weighted by atomic mass is 9.76. The van der Waals surface area contributed by atoms with Gasteiger partial charge in [-0.2, -0.15) is 13.2 Å². The molecule has 1 fully saturated rings. The van der Waals surface area contributed by atoms with Gasteiger partial charge in [0.05, 0.1) is 6.04 Å². The molecule has 1 aliphatic heterocycles. The number of urea groups is 1. The van der Waals surface area contributed by atoms with Gasteiger partial charge in [-0.25, -0.2) is 9.18 Å². The van der Waals surface area contributed by atoms with Gasteiger partial charge in [-0.05, 0) is 6.07 Å². The Morgan fingerprint density at radius 2 is 1.63 bits per heavy atom. The van der Waals surface area contributed by atoms with E-state index in [0.717, 1.165) is 12.1 Å². The van der Waals surface area contributed by atoms with E-state index in [2.05, 4.69) is 5.32 Å². The molecule has 0 aromatic heterocycles. The van der Waals surface area contributed by atoms with Gasteiger partial charge < -0.3 is 15.7 Å². The van der Waals surface area contributed by atoms with Crippen LogP contribution in [0.4, 0.5) is 22.4 Å². The molecule has 1 saturated heterocycles. The highest BCUT2D eigenvalue weighted by molar-refractivity contribution is 5.91. The lowest BCUT2D eigenvalue weighted by Gasteiger charge is -2.45. The largest absolute Gasteiger partial charge is 0.450 e. The van der Waals surface area contributed by atoms with Gasteiger partial charge in [0.2, 0.25) is 5.78 Å². The number of alkyl halides is 3. The average molecular weight is 382 g/mol. The highest BCUT2D eigenvalue weighted by Gasteiger charge is 2.59. The fourth-order valence-electron chi connectivity index (χ4n) is 3.20. The van der Waals surface area contributed by atoms with Crippen molar-refractivity contribution in [2.45, 2.75) is 17.9 Å². The number of rotatable bonds is 3. The summed E-state index contributed by atoms with van der Waals surface area (Å²) < 4.78 is 54.1. The van der Waals surface area contributed by atoms with E-state index in [9.17, 15) is 32.3 Å². The fraction of sp³-hybridized carbons (Fsp3) is 0.222. The molecule has 2 amide bonds. The predicted molar refractivity (Wildman–Crippen MR) is 85.7 cm³/mol. The molecule has 3 atom stereocenters. The molecule has 3 rings (SSSR count). The molecule has 3 N–H and O–H groups in total. The van der Waals surface area contributed by atoms with Crippen LogP contribution in [0.25, 0.3) is 0 Å². The minimum Gasteiger partial charge on any atom is -0.366 e. The summed E-state index contributed by atoms with van der Waals surface area (Å²) in [5, 5.41) is 15.1. The third-order valence-electron chi connectivity index (χ3n) is 4.39. The topological polar surface area (TPSA) is 78.4 Å². The van der Waals surface area contributed by atoms with Crippen LogP contribution in [0.15, 0.2) is 54.6 Å².